The van der Waals surface area contributed by atoms with Crippen molar-refractivity contribution in [1.29, 1.82) is 0 Å². The number of anilines is 1. The summed E-state index contributed by atoms with van der Waals surface area (Å²) in [6, 6.07) is 23.3. The summed E-state index contributed by atoms with van der Waals surface area (Å²) < 4.78 is 16.3. The van der Waals surface area contributed by atoms with Crippen molar-refractivity contribution in [2.45, 2.75) is 13.0 Å². The van der Waals surface area contributed by atoms with E-state index in [2.05, 4.69) is 5.32 Å². The smallest absolute Gasteiger partial charge is 0.336 e. The van der Waals surface area contributed by atoms with Gasteiger partial charge < -0.3 is 19.2 Å². The van der Waals surface area contributed by atoms with Crippen molar-refractivity contribution in [2.24, 2.45) is 0 Å². The Balaban J connectivity index is 1.54. The van der Waals surface area contributed by atoms with E-state index >= 15 is 0 Å². The Hall–Kier alpha value is -4.06. The van der Waals surface area contributed by atoms with Crippen LogP contribution in [-0.2, 0) is 4.79 Å². The third kappa shape index (κ3) is 4.59. The second kappa shape index (κ2) is 8.75. The molecule has 0 spiro atoms. The molecule has 0 bridgehead atoms. The molecule has 0 fully saturated rings. The first kappa shape index (κ1) is 20.2. The van der Waals surface area contributed by atoms with Crippen LogP contribution in [0.2, 0.25) is 0 Å². The maximum Gasteiger partial charge on any atom is 0.336 e. The second-order valence-corrected chi connectivity index (χ2v) is 6.98. The highest BCUT2D eigenvalue weighted by atomic mass is 16.5. The lowest BCUT2D eigenvalue weighted by Gasteiger charge is -2.15. The van der Waals surface area contributed by atoms with E-state index in [-0.39, 0.29) is 5.91 Å². The summed E-state index contributed by atoms with van der Waals surface area (Å²) in [6.45, 7) is 1.65. The minimum atomic E-state index is -0.761. The molecule has 3 aromatic carbocycles. The van der Waals surface area contributed by atoms with Crippen LogP contribution in [-0.4, -0.2) is 19.1 Å². The molecule has 1 amide bonds. The minimum Gasteiger partial charge on any atom is -0.497 e. The van der Waals surface area contributed by atoms with Gasteiger partial charge in [0.05, 0.1) is 7.11 Å². The number of carbonyl (C=O) groups excluding carboxylic acids is 1. The predicted molar refractivity (Wildman–Crippen MR) is 120 cm³/mol. The number of carbonyl (C=O) groups is 1. The summed E-state index contributed by atoms with van der Waals surface area (Å²) in [5.41, 5.74) is 2.28. The fraction of sp³-hybridized carbons (Fsp3) is 0.120. The van der Waals surface area contributed by atoms with Crippen LogP contribution in [0.1, 0.15) is 6.92 Å². The molecule has 1 aromatic heterocycles. The first-order chi connectivity index (χ1) is 15.0. The van der Waals surface area contributed by atoms with Crippen LogP contribution >= 0.6 is 0 Å². The zero-order valence-corrected chi connectivity index (χ0v) is 17.1. The Morgan fingerprint density at radius 3 is 2.35 bits per heavy atom. The first-order valence-corrected chi connectivity index (χ1v) is 9.78. The summed E-state index contributed by atoms with van der Waals surface area (Å²) in [5, 5.41) is 3.58. The average Bonchev–Trinajstić information content (AvgIpc) is 2.79. The summed E-state index contributed by atoms with van der Waals surface area (Å²) >= 11 is 0. The summed E-state index contributed by atoms with van der Waals surface area (Å²) in [4.78, 5) is 24.6. The molecule has 0 saturated carbocycles. The number of nitrogens with one attached hydrogen (secondary N) is 1. The van der Waals surface area contributed by atoms with Gasteiger partial charge in [-0.25, -0.2) is 4.79 Å². The maximum atomic E-state index is 12.5. The van der Waals surface area contributed by atoms with E-state index in [1.54, 1.807) is 50.4 Å². The number of rotatable bonds is 6. The van der Waals surface area contributed by atoms with Crippen molar-refractivity contribution < 1.29 is 18.7 Å². The molecular formula is C25H21NO5. The standard InChI is InChI=1S/C25H21NO5/c1-16(25(28)26-18-8-10-19(29-2)11-9-18)30-20-12-13-21-22(17-6-4-3-5-7-17)15-24(27)31-23(21)14-20/h3-16H,1-2H3,(H,26,28)/t16-/m1/s1. The number of methoxy groups -OCH3 is 1. The summed E-state index contributed by atoms with van der Waals surface area (Å²) in [7, 11) is 1.58. The Morgan fingerprint density at radius 2 is 1.65 bits per heavy atom. The highest BCUT2D eigenvalue weighted by Crippen LogP contribution is 2.30. The zero-order chi connectivity index (χ0) is 21.8. The van der Waals surface area contributed by atoms with E-state index in [1.165, 1.54) is 6.07 Å². The first-order valence-electron chi connectivity index (χ1n) is 9.78. The lowest BCUT2D eigenvalue weighted by atomic mass is 10.0. The molecule has 1 atom stereocenters. The van der Waals surface area contributed by atoms with Crippen molar-refractivity contribution in [1.82, 2.24) is 0 Å². The summed E-state index contributed by atoms with van der Waals surface area (Å²) in [5.74, 6) is 0.831. The molecule has 0 radical (unpaired) electrons. The van der Waals surface area contributed by atoms with Gasteiger partial charge in [0.15, 0.2) is 6.10 Å². The molecule has 1 heterocycles. The highest BCUT2D eigenvalue weighted by Gasteiger charge is 2.16. The monoisotopic (exact) mass is 415 g/mol. The molecular weight excluding hydrogens is 394 g/mol. The quantitative estimate of drug-likeness (QED) is 0.455. The van der Waals surface area contributed by atoms with Gasteiger partial charge in [0, 0.05) is 23.2 Å². The van der Waals surface area contributed by atoms with E-state index in [1.807, 2.05) is 36.4 Å². The zero-order valence-electron chi connectivity index (χ0n) is 17.1. The SMILES string of the molecule is COc1ccc(NC(=O)[C@@H](C)Oc2ccc3c(-c4ccccc4)cc(=O)oc3c2)cc1. The fourth-order valence-corrected chi connectivity index (χ4v) is 3.25. The average molecular weight is 415 g/mol. The Labute approximate surface area is 179 Å². The van der Waals surface area contributed by atoms with Gasteiger partial charge in [-0.3, -0.25) is 4.79 Å². The molecule has 156 valence electrons. The van der Waals surface area contributed by atoms with Crippen LogP contribution < -0.4 is 20.4 Å². The molecule has 6 heteroatoms. The lowest BCUT2D eigenvalue weighted by Crippen LogP contribution is -2.30. The molecule has 0 aliphatic heterocycles. The molecule has 0 aliphatic rings. The van der Waals surface area contributed by atoms with Crippen LogP contribution in [0.3, 0.4) is 0 Å². The van der Waals surface area contributed by atoms with Crippen LogP contribution in [0.4, 0.5) is 5.69 Å². The van der Waals surface area contributed by atoms with Gasteiger partial charge in [0.25, 0.3) is 5.91 Å². The molecule has 1 N–H and O–H groups in total. The number of benzene rings is 3. The molecule has 0 aliphatic carbocycles. The van der Waals surface area contributed by atoms with E-state index in [4.69, 9.17) is 13.9 Å². The topological polar surface area (TPSA) is 77.8 Å². The number of amides is 1. The molecule has 0 unspecified atom stereocenters. The Bertz CT molecular complexity index is 1260. The van der Waals surface area contributed by atoms with Crippen LogP contribution in [0, 0.1) is 0 Å². The normalized spacial score (nSPS) is 11.7. The van der Waals surface area contributed by atoms with Gasteiger partial charge in [0.1, 0.15) is 17.1 Å². The van der Waals surface area contributed by atoms with Gasteiger partial charge >= 0.3 is 5.63 Å². The van der Waals surface area contributed by atoms with Gasteiger partial charge in [-0.15, -0.1) is 0 Å². The largest absolute Gasteiger partial charge is 0.497 e. The van der Waals surface area contributed by atoms with Crippen molar-refractivity contribution in [3.05, 3.63) is 89.3 Å². The Kier molecular flexibility index (Phi) is 5.71. The number of hydrogen-bond donors (Lipinski definition) is 1. The minimum absolute atomic E-state index is 0.301. The van der Waals surface area contributed by atoms with Crippen LogP contribution in [0.5, 0.6) is 11.5 Å². The third-order valence-corrected chi connectivity index (χ3v) is 4.84. The van der Waals surface area contributed by atoms with E-state index in [0.29, 0.717) is 22.8 Å². The Morgan fingerprint density at radius 1 is 0.935 bits per heavy atom. The molecule has 6 nitrogen and oxygen atoms in total. The fourth-order valence-electron chi connectivity index (χ4n) is 3.25. The van der Waals surface area contributed by atoms with Crippen molar-refractivity contribution >= 4 is 22.6 Å². The van der Waals surface area contributed by atoms with E-state index < -0.39 is 11.7 Å². The molecule has 0 saturated heterocycles. The third-order valence-electron chi connectivity index (χ3n) is 4.84. The number of hydrogen-bond acceptors (Lipinski definition) is 5. The summed E-state index contributed by atoms with van der Waals surface area (Å²) in [6.07, 6.45) is -0.761. The van der Waals surface area contributed by atoms with E-state index in [9.17, 15) is 9.59 Å². The molecule has 4 aromatic rings. The van der Waals surface area contributed by atoms with Crippen LogP contribution in [0.25, 0.3) is 22.1 Å². The van der Waals surface area contributed by atoms with E-state index in [0.717, 1.165) is 16.5 Å². The number of ether oxygens (including phenoxy) is 2. The van der Waals surface area contributed by atoms with Gasteiger partial charge in [-0.2, -0.15) is 0 Å². The van der Waals surface area contributed by atoms with Crippen LogP contribution in [0.15, 0.2) is 88.1 Å². The second-order valence-electron chi connectivity index (χ2n) is 6.98. The maximum absolute atomic E-state index is 12.5. The lowest BCUT2D eigenvalue weighted by molar-refractivity contribution is -0.122. The van der Waals surface area contributed by atoms with Crippen molar-refractivity contribution in [3.8, 4) is 22.6 Å². The van der Waals surface area contributed by atoms with Crippen molar-refractivity contribution in [3.63, 3.8) is 0 Å². The predicted octanol–water partition coefficient (Wildman–Crippen LogP) is 4.87. The van der Waals surface area contributed by atoms with Crippen molar-refractivity contribution in [2.75, 3.05) is 12.4 Å². The number of fused-ring (bicyclic) bond motifs is 1. The molecule has 4 rings (SSSR count). The molecule has 31 heavy (non-hydrogen) atoms. The van der Waals surface area contributed by atoms with Gasteiger partial charge in [0.2, 0.25) is 0 Å². The highest BCUT2D eigenvalue weighted by molar-refractivity contribution is 5.95. The van der Waals surface area contributed by atoms with Gasteiger partial charge in [-0.1, -0.05) is 30.3 Å². The van der Waals surface area contributed by atoms with Gasteiger partial charge in [-0.05, 0) is 54.4 Å².